The van der Waals surface area contributed by atoms with Crippen molar-refractivity contribution >= 4 is 21.9 Å². The molecule has 0 aromatic heterocycles. The molecule has 0 heterocycles. The summed E-state index contributed by atoms with van der Waals surface area (Å²) in [6, 6.07) is 7.76. The van der Waals surface area contributed by atoms with Crippen LogP contribution in [0.3, 0.4) is 0 Å². The monoisotopic (exact) mass is 270 g/mol. The number of halogens is 1. The Bertz CT molecular complexity index is 336. The summed E-state index contributed by atoms with van der Waals surface area (Å²) in [5, 5.41) is 0. The molecule has 0 saturated carbocycles. The molecular formula is C12H15BrO2. The van der Waals surface area contributed by atoms with Crippen molar-refractivity contribution in [1.29, 1.82) is 0 Å². The van der Waals surface area contributed by atoms with Gasteiger partial charge in [-0.15, -0.1) is 0 Å². The topological polar surface area (TPSA) is 26.3 Å². The summed E-state index contributed by atoms with van der Waals surface area (Å²) in [7, 11) is 0. The first-order valence-corrected chi connectivity index (χ1v) is 5.91. The van der Waals surface area contributed by atoms with Gasteiger partial charge in [0.05, 0.1) is 12.5 Å². The smallest absolute Gasteiger partial charge is 0.313 e. The van der Waals surface area contributed by atoms with Crippen LogP contribution in [0, 0.1) is 0 Å². The van der Waals surface area contributed by atoms with Gasteiger partial charge in [-0.3, -0.25) is 4.79 Å². The minimum Gasteiger partial charge on any atom is -0.466 e. The lowest BCUT2D eigenvalue weighted by molar-refractivity contribution is -0.145. The van der Waals surface area contributed by atoms with Gasteiger partial charge in [0.15, 0.2) is 0 Å². The lowest BCUT2D eigenvalue weighted by Gasteiger charge is -2.15. The highest BCUT2D eigenvalue weighted by atomic mass is 79.9. The van der Waals surface area contributed by atoms with Gasteiger partial charge in [-0.25, -0.2) is 0 Å². The number of carbonyl (C=O) groups is 1. The lowest BCUT2D eigenvalue weighted by atomic mass is 9.97. The summed E-state index contributed by atoms with van der Waals surface area (Å²) in [6.07, 6.45) is 0.751. The van der Waals surface area contributed by atoms with Crippen LogP contribution in [-0.2, 0) is 9.53 Å². The van der Waals surface area contributed by atoms with Crippen molar-refractivity contribution in [1.82, 2.24) is 0 Å². The summed E-state index contributed by atoms with van der Waals surface area (Å²) in [5.41, 5.74) is 0.999. The Morgan fingerprint density at radius 3 is 2.60 bits per heavy atom. The molecule has 2 nitrogen and oxygen atoms in total. The highest BCUT2D eigenvalue weighted by Crippen LogP contribution is 2.28. The molecule has 15 heavy (non-hydrogen) atoms. The van der Waals surface area contributed by atoms with E-state index in [-0.39, 0.29) is 11.9 Å². The van der Waals surface area contributed by atoms with E-state index in [4.69, 9.17) is 4.74 Å². The van der Waals surface area contributed by atoms with Crippen LogP contribution in [0.4, 0.5) is 0 Å². The Morgan fingerprint density at radius 2 is 2.07 bits per heavy atom. The Kier molecular flexibility index (Phi) is 4.82. The quantitative estimate of drug-likeness (QED) is 0.783. The largest absolute Gasteiger partial charge is 0.466 e. The number of rotatable bonds is 4. The normalized spacial score (nSPS) is 12.2. The maximum absolute atomic E-state index is 11.7. The van der Waals surface area contributed by atoms with Crippen molar-refractivity contribution in [2.75, 3.05) is 6.61 Å². The summed E-state index contributed by atoms with van der Waals surface area (Å²) >= 11 is 3.45. The SMILES string of the molecule is CCOC(=O)[C@H](CC)c1ccccc1Br. The molecule has 0 spiro atoms. The average Bonchev–Trinajstić information content (AvgIpc) is 2.22. The molecule has 0 N–H and O–H groups in total. The van der Waals surface area contributed by atoms with Crippen molar-refractivity contribution in [3.63, 3.8) is 0 Å². The molecule has 0 fully saturated rings. The third-order valence-corrected chi connectivity index (χ3v) is 2.98. The van der Waals surface area contributed by atoms with Crippen LogP contribution in [-0.4, -0.2) is 12.6 Å². The Labute approximate surface area is 98.8 Å². The molecule has 82 valence electrons. The van der Waals surface area contributed by atoms with Crippen LogP contribution in [0.25, 0.3) is 0 Å². The van der Waals surface area contributed by atoms with Gasteiger partial charge in [0.25, 0.3) is 0 Å². The van der Waals surface area contributed by atoms with E-state index in [1.54, 1.807) is 0 Å². The van der Waals surface area contributed by atoms with Crippen LogP contribution in [0.15, 0.2) is 28.7 Å². The van der Waals surface area contributed by atoms with Crippen LogP contribution in [0.1, 0.15) is 31.7 Å². The summed E-state index contributed by atoms with van der Waals surface area (Å²) in [6.45, 7) is 4.24. The van der Waals surface area contributed by atoms with Gasteiger partial charge in [-0.05, 0) is 25.0 Å². The standard InChI is InChI=1S/C12H15BrO2/c1-3-9(12(14)15-4-2)10-7-5-6-8-11(10)13/h5-9H,3-4H2,1-2H3/t9-/m1/s1. The summed E-state index contributed by atoms with van der Waals surface area (Å²) in [5.74, 6) is -0.313. The first kappa shape index (κ1) is 12.2. The van der Waals surface area contributed by atoms with Crippen molar-refractivity contribution in [3.8, 4) is 0 Å². The second-order valence-electron chi connectivity index (χ2n) is 3.23. The second kappa shape index (κ2) is 5.91. The van der Waals surface area contributed by atoms with E-state index in [0.717, 1.165) is 16.5 Å². The first-order chi connectivity index (χ1) is 7.20. The molecule has 1 rings (SSSR count). The molecule has 3 heteroatoms. The minimum absolute atomic E-state index is 0.146. The predicted octanol–water partition coefficient (Wildman–Crippen LogP) is 3.51. The van der Waals surface area contributed by atoms with Crippen molar-refractivity contribution in [2.45, 2.75) is 26.2 Å². The molecule has 0 aliphatic rings. The number of hydrogen-bond donors (Lipinski definition) is 0. The van der Waals surface area contributed by atoms with E-state index in [2.05, 4.69) is 15.9 Å². The van der Waals surface area contributed by atoms with E-state index in [9.17, 15) is 4.79 Å². The Hall–Kier alpha value is -0.830. The molecule has 1 atom stereocenters. The fraction of sp³-hybridized carbons (Fsp3) is 0.417. The van der Waals surface area contributed by atoms with Crippen LogP contribution in [0.5, 0.6) is 0 Å². The minimum atomic E-state index is -0.166. The molecule has 0 radical (unpaired) electrons. The molecule has 0 aliphatic heterocycles. The molecule has 0 amide bonds. The van der Waals surface area contributed by atoms with Crippen molar-refractivity contribution < 1.29 is 9.53 Å². The zero-order valence-electron chi connectivity index (χ0n) is 9.00. The van der Waals surface area contributed by atoms with E-state index < -0.39 is 0 Å². The first-order valence-electron chi connectivity index (χ1n) is 5.11. The van der Waals surface area contributed by atoms with Crippen molar-refractivity contribution in [2.24, 2.45) is 0 Å². The van der Waals surface area contributed by atoms with E-state index in [0.29, 0.717) is 6.61 Å². The van der Waals surface area contributed by atoms with Crippen LogP contribution in [0.2, 0.25) is 0 Å². The van der Waals surface area contributed by atoms with E-state index in [1.165, 1.54) is 0 Å². The van der Waals surface area contributed by atoms with Gasteiger partial charge in [0.1, 0.15) is 0 Å². The number of benzene rings is 1. The van der Waals surface area contributed by atoms with Gasteiger partial charge >= 0.3 is 5.97 Å². The summed E-state index contributed by atoms with van der Waals surface area (Å²) in [4.78, 5) is 11.7. The van der Waals surface area contributed by atoms with Crippen LogP contribution >= 0.6 is 15.9 Å². The molecule has 0 unspecified atom stereocenters. The fourth-order valence-corrected chi connectivity index (χ4v) is 2.08. The van der Waals surface area contributed by atoms with Gasteiger partial charge in [-0.1, -0.05) is 41.1 Å². The number of carbonyl (C=O) groups excluding carboxylic acids is 1. The maximum atomic E-state index is 11.7. The fourth-order valence-electron chi connectivity index (χ4n) is 1.51. The predicted molar refractivity (Wildman–Crippen MR) is 63.8 cm³/mol. The van der Waals surface area contributed by atoms with E-state index >= 15 is 0 Å². The number of esters is 1. The molecule has 0 saturated heterocycles. The van der Waals surface area contributed by atoms with Gasteiger partial charge in [0, 0.05) is 4.47 Å². The molecule has 1 aromatic rings. The molecule has 0 aliphatic carbocycles. The summed E-state index contributed by atoms with van der Waals surface area (Å²) < 4.78 is 6.01. The van der Waals surface area contributed by atoms with Gasteiger partial charge < -0.3 is 4.74 Å². The Morgan fingerprint density at radius 1 is 1.40 bits per heavy atom. The lowest BCUT2D eigenvalue weighted by Crippen LogP contribution is -2.15. The third kappa shape index (κ3) is 3.06. The van der Waals surface area contributed by atoms with Gasteiger partial charge in [0.2, 0.25) is 0 Å². The van der Waals surface area contributed by atoms with Crippen molar-refractivity contribution in [3.05, 3.63) is 34.3 Å². The third-order valence-electron chi connectivity index (χ3n) is 2.26. The second-order valence-corrected chi connectivity index (χ2v) is 4.09. The zero-order chi connectivity index (χ0) is 11.3. The average molecular weight is 271 g/mol. The highest BCUT2D eigenvalue weighted by Gasteiger charge is 2.21. The maximum Gasteiger partial charge on any atom is 0.313 e. The molecule has 1 aromatic carbocycles. The Balaban J connectivity index is 2.92. The van der Waals surface area contributed by atoms with E-state index in [1.807, 2.05) is 38.1 Å². The van der Waals surface area contributed by atoms with Gasteiger partial charge in [-0.2, -0.15) is 0 Å². The highest BCUT2D eigenvalue weighted by molar-refractivity contribution is 9.10. The number of ether oxygens (including phenoxy) is 1. The van der Waals surface area contributed by atoms with Crippen LogP contribution < -0.4 is 0 Å². The zero-order valence-corrected chi connectivity index (χ0v) is 10.6. The molecular weight excluding hydrogens is 256 g/mol. The number of hydrogen-bond acceptors (Lipinski definition) is 2. The molecule has 0 bridgehead atoms.